The molecule has 0 atom stereocenters. The van der Waals surface area contributed by atoms with Crippen molar-refractivity contribution in [2.75, 3.05) is 0 Å². The monoisotopic (exact) mass is 400 g/mol. The molecule has 0 saturated carbocycles. The summed E-state index contributed by atoms with van der Waals surface area (Å²) in [6.45, 7) is 11.4. The van der Waals surface area contributed by atoms with E-state index in [1.54, 1.807) is 0 Å². The van der Waals surface area contributed by atoms with Crippen molar-refractivity contribution < 1.29 is 3.79 Å². The molecule has 150 valence electrons. The van der Waals surface area contributed by atoms with Crippen LogP contribution in [0.2, 0.25) is 10.6 Å². The van der Waals surface area contributed by atoms with Crippen LogP contribution in [0.15, 0.2) is 72.8 Å². The Bertz CT molecular complexity index is 830. The Morgan fingerprint density at radius 1 is 0.690 bits per heavy atom. The zero-order valence-corrected chi connectivity index (χ0v) is 19.6. The maximum absolute atomic E-state index is 7.00. The van der Waals surface area contributed by atoms with Crippen molar-refractivity contribution in [3.63, 3.8) is 0 Å². The highest BCUT2D eigenvalue weighted by atomic mass is 27.2. The minimum absolute atomic E-state index is 0.663. The van der Waals surface area contributed by atoms with Crippen LogP contribution >= 0.6 is 0 Å². The van der Waals surface area contributed by atoms with Crippen LogP contribution in [-0.2, 0) is 0 Å². The van der Waals surface area contributed by atoms with Gasteiger partial charge in [-0.2, -0.15) is 0 Å². The van der Waals surface area contributed by atoms with E-state index in [0.717, 1.165) is 5.75 Å². The van der Waals surface area contributed by atoms with Gasteiger partial charge in [-0.15, -0.1) is 0 Å². The zero-order chi connectivity index (χ0) is 20.8. The molecular weight excluding hydrogens is 367 g/mol. The molecular formula is C27H33AlO. The van der Waals surface area contributed by atoms with Gasteiger partial charge in [-0.05, 0) is 35.7 Å². The molecule has 0 spiro atoms. The molecule has 0 N–H and O–H groups in total. The fraction of sp³-hybridized carbons (Fsp3) is 0.333. The summed E-state index contributed by atoms with van der Waals surface area (Å²) in [5.74, 6) is 2.40. The topological polar surface area (TPSA) is 9.23 Å². The van der Waals surface area contributed by atoms with E-state index < -0.39 is 14.5 Å². The summed E-state index contributed by atoms with van der Waals surface area (Å²) in [6.07, 6.45) is 0. The van der Waals surface area contributed by atoms with Gasteiger partial charge in [0.05, 0.1) is 5.75 Å². The molecule has 2 heteroatoms. The summed E-state index contributed by atoms with van der Waals surface area (Å²) >= 11 is -1.40. The molecule has 3 aromatic rings. The van der Waals surface area contributed by atoms with Crippen molar-refractivity contribution >= 4 is 14.5 Å². The van der Waals surface area contributed by atoms with Crippen LogP contribution in [0.5, 0.6) is 5.75 Å². The summed E-state index contributed by atoms with van der Waals surface area (Å²) in [5, 5.41) is 2.41. The predicted molar refractivity (Wildman–Crippen MR) is 128 cm³/mol. The molecule has 0 amide bonds. The highest BCUT2D eigenvalue weighted by Gasteiger charge is 2.28. The van der Waals surface area contributed by atoms with Gasteiger partial charge in [0, 0.05) is 11.1 Å². The van der Waals surface area contributed by atoms with Crippen molar-refractivity contribution in [2.24, 2.45) is 11.8 Å². The lowest BCUT2D eigenvalue weighted by molar-refractivity contribution is 0.529. The fourth-order valence-corrected chi connectivity index (χ4v) is 7.05. The maximum Gasteiger partial charge on any atom is 0.547 e. The molecule has 0 saturated heterocycles. The third kappa shape index (κ3) is 5.99. The first kappa shape index (κ1) is 21.7. The van der Waals surface area contributed by atoms with Crippen LogP contribution in [-0.4, -0.2) is 14.5 Å². The third-order valence-corrected chi connectivity index (χ3v) is 8.66. The quantitative estimate of drug-likeness (QED) is 0.348. The minimum Gasteiger partial charge on any atom is -0.642 e. The SMILES string of the molecule is Cc1cc(-c2ccccc2)c([O][Al]([CH2]C(C)C)[CH2]C(C)C)c(-c2ccccc2)c1. The van der Waals surface area contributed by atoms with Crippen molar-refractivity contribution in [1.29, 1.82) is 0 Å². The van der Waals surface area contributed by atoms with Crippen molar-refractivity contribution in [2.45, 2.75) is 45.2 Å². The van der Waals surface area contributed by atoms with Gasteiger partial charge in [0.25, 0.3) is 0 Å². The Morgan fingerprint density at radius 3 is 1.48 bits per heavy atom. The van der Waals surface area contributed by atoms with E-state index in [9.17, 15) is 0 Å². The number of hydrogen-bond donors (Lipinski definition) is 0. The average Bonchev–Trinajstić information content (AvgIpc) is 2.69. The minimum atomic E-state index is -1.40. The smallest absolute Gasteiger partial charge is 0.547 e. The van der Waals surface area contributed by atoms with E-state index in [4.69, 9.17) is 3.79 Å². The predicted octanol–water partition coefficient (Wildman–Crippen LogP) is 8.01. The van der Waals surface area contributed by atoms with Gasteiger partial charge in [0.2, 0.25) is 0 Å². The molecule has 0 aliphatic heterocycles. The molecule has 0 bridgehead atoms. The van der Waals surface area contributed by atoms with Gasteiger partial charge in [-0.1, -0.05) is 111 Å². The van der Waals surface area contributed by atoms with E-state index in [1.165, 1.54) is 38.4 Å². The number of hydrogen-bond acceptors (Lipinski definition) is 1. The molecule has 0 fully saturated rings. The normalized spacial score (nSPS) is 11.1. The van der Waals surface area contributed by atoms with Gasteiger partial charge in [-0.3, -0.25) is 0 Å². The first-order chi connectivity index (χ1) is 13.9. The first-order valence-corrected chi connectivity index (χ1v) is 13.0. The van der Waals surface area contributed by atoms with Crippen LogP contribution in [0.1, 0.15) is 33.3 Å². The maximum atomic E-state index is 7.00. The second-order valence-corrected chi connectivity index (χ2v) is 11.3. The molecule has 0 aliphatic carbocycles. The summed E-state index contributed by atoms with van der Waals surface area (Å²) in [7, 11) is 0. The van der Waals surface area contributed by atoms with E-state index in [2.05, 4.69) is 107 Å². The van der Waals surface area contributed by atoms with Crippen molar-refractivity contribution in [3.8, 4) is 28.0 Å². The number of rotatable bonds is 8. The zero-order valence-electron chi connectivity index (χ0n) is 18.5. The molecule has 0 radical (unpaired) electrons. The molecule has 0 unspecified atom stereocenters. The average molecular weight is 401 g/mol. The van der Waals surface area contributed by atoms with Gasteiger partial charge in [0.15, 0.2) is 0 Å². The van der Waals surface area contributed by atoms with Crippen LogP contribution in [0.3, 0.4) is 0 Å². The first-order valence-electron chi connectivity index (χ1n) is 10.9. The van der Waals surface area contributed by atoms with Gasteiger partial charge >= 0.3 is 14.5 Å². The van der Waals surface area contributed by atoms with Crippen LogP contribution in [0, 0.1) is 18.8 Å². The third-order valence-electron chi connectivity index (χ3n) is 5.16. The van der Waals surface area contributed by atoms with Gasteiger partial charge in [0.1, 0.15) is 0 Å². The molecule has 29 heavy (non-hydrogen) atoms. The second-order valence-electron chi connectivity index (χ2n) is 8.92. The highest BCUT2D eigenvalue weighted by Crippen LogP contribution is 2.41. The van der Waals surface area contributed by atoms with Crippen molar-refractivity contribution in [3.05, 3.63) is 78.4 Å². The Labute approximate surface area is 181 Å². The largest absolute Gasteiger partial charge is 0.642 e. The van der Waals surface area contributed by atoms with Gasteiger partial charge in [-0.25, -0.2) is 0 Å². The van der Waals surface area contributed by atoms with Crippen LogP contribution < -0.4 is 3.79 Å². The summed E-state index contributed by atoms with van der Waals surface area (Å²) in [5.41, 5.74) is 6.15. The Hall–Kier alpha value is -2.01. The van der Waals surface area contributed by atoms with Crippen LogP contribution in [0.25, 0.3) is 22.3 Å². The lowest BCUT2D eigenvalue weighted by Gasteiger charge is -2.24. The summed E-state index contributed by atoms with van der Waals surface area (Å²) in [4.78, 5) is 0. The fourth-order valence-electron chi connectivity index (χ4n) is 3.98. The summed E-state index contributed by atoms with van der Waals surface area (Å²) < 4.78 is 7.00. The number of benzene rings is 3. The molecule has 3 rings (SSSR count). The Balaban J connectivity index is 2.15. The Morgan fingerprint density at radius 2 is 1.10 bits per heavy atom. The molecule has 1 nitrogen and oxygen atoms in total. The highest BCUT2D eigenvalue weighted by molar-refractivity contribution is 6.53. The van der Waals surface area contributed by atoms with E-state index in [0.29, 0.717) is 11.8 Å². The van der Waals surface area contributed by atoms with E-state index in [1.807, 2.05) is 0 Å². The molecule has 0 aliphatic rings. The summed E-state index contributed by atoms with van der Waals surface area (Å²) in [6, 6.07) is 25.9. The van der Waals surface area contributed by atoms with E-state index >= 15 is 0 Å². The standard InChI is InChI=1S/C19H16O.2C4H9.Al/c1-14-12-17(15-8-4-2-5-9-15)19(20)18(13-14)16-10-6-3-7-11-16;2*1-4(2)3;/h2-13,20H,1H3;2*4H,1H2,2-3H3;/q;;;+1/p-1. The van der Waals surface area contributed by atoms with E-state index in [-0.39, 0.29) is 0 Å². The number of aryl methyl sites for hydroxylation is 1. The molecule has 0 heterocycles. The second kappa shape index (κ2) is 10.2. The lowest BCUT2D eigenvalue weighted by atomic mass is 9.95. The van der Waals surface area contributed by atoms with Crippen molar-refractivity contribution in [1.82, 2.24) is 0 Å². The Kier molecular flexibility index (Phi) is 7.59. The molecule has 0 aromatic heterocycles. The van der Waals surface area contributed by atoms with Crippen LogP contribution in [0.4, 0.5) is 0 Å². The molecule has 3 aromatic carbocycles. The lowest BCUT2D eigenvalue weighted by Crippen LogP contribution is -2.26. The van der Waals surface area contributed by atoms with Gasteiger partial charge < -0.3 is 3.79 Å².